The van der Waals surface area contributed by atoms with Gasteiger partial charge in [-0.2, -0.15) is 0 Å². The number of rotatable bonds is 2. The van der Waals surface area contributed by atoms with Crippen molar-refractivity contribution in [2.24, 2.45) is 5.84 Å². The molecule has 2 N–H and O–H groups in total. The summed E-state index contributed by atoms with van der Waals surface area (Å²) < 4.78 is 0. The van der Waals surface area contributed by atoms with E-state index in [4.69, 9.17) is 5.84 Å². The molecule has 0 aromatic carbocycles. The van der Waals surface area contributed by atoms with Gasteiger partial charge in [-0.05, 0) is 0 Å². The fourth-order valence-electron chi connectivity index (χ4n) is 0.204. The van der Waals surface area contributed by atoms with E-state index in [0.29, 0.717) is 0 Å². The molecule has 0 spiro atoms. The molecule has 2 nitrogen and oxygen atoms in total. The predicted molar refractivity (Wildman–Crippen MR) is 27.0 cm³/mol. The average molecular weight is 86.1 g/mol. The predicted octanol–water partition coefficient (Wildman–Crippen LogP) is -0.0221. The van der Waals surface area contributed by atoms with Crippen LogP contribution in [0.25, 0.3) is 0 Å². The number of nitrogens with two attached hydrogens (primary N) is 1. The number of likely N-dealkylation sites (N-methyl/N-ethyl adjacent to an activating group) is 1. The molecule has 0 atom stereocenters. The Labute approximate surface area is 38.2 Å². The van der Waals surface area contributed by atoms with E-state index in [9.17, 15) is 0 Å². The molecule has 0 bridgehead atoms. The van der Waals surface area contributed by atoms with Crippen molar-refractivity contribution in [2.75, 3.05) is 13.6 Å². The molecule has 0 aliphatic rings. The van der Waals surface area contributed by atoms with E-state index in [1.807, 2.05) is 0 Å². The van der Waals surface area contributed by atoms with Crippen molar-refractivity contribution in [2.45, 2.75) is 0 Å². The maximum atomic E-state index is 5.16. The molecular weight excluding hydrogens is 76.1 g/mol. The molecule has 36 valence electrons. The largest absolute Gasteiger partial charge is 0.269 e. The van der Waals surface area contributed by atoms with Crippen molar-refractivity contribution in [3.8, 4) is 0 Å². The molecule has 0 heterocycles. The van der Waals surface area contributed by atoms with E-state index in [1.54, 1.807) is 18.1 Å². The molecule has 0 radical (unpaired) electrons. The van der Waals surface area contributed by atoms with E-state index in [1.165, 1.54) is 0 Å². The zero-order valence-electron chi connectivity index (χ0n) is 4.02. The summed E-state index contributed by atoms with van der Waals surface area (Å²) >= 11 is 0. The third-order valence-electron chi connectivity index (χ3n) is 0.417. The first kappa shape index (κ1) is 5.66. The highest BCUT2D eigenvalue weighted by molar-refractivity contribution is 4.67. The summed E-state index contributed by atoms with van der Waals surface area (Å²) in [5.41, 5.74) is 0. The van der Waals surface area contributed by atoms with Crippen LogP contribution in [0.4, 0.5) is 0 Å². The Hall–Kier alpha value is -0.340. The first-order chi connectivity index (χ1) is 2.77. The number of nitrogens with zero attached hydrogens (tertiary/aromatic N) is 1. The van der Waals surface area contributed by atoms with Gasteiger partial charge in [-0.1, -0.05) is 6.08 Å². The lowest BCUT2D eigenvalue weighted by Crippen LogP contribution is -2.25. The Bertz CT molecular complexity index is 40.8. The van der Waals surface area contributed by atoms with Gasteiger partial charge in [-0.3, -0.25) is 5.84 Å². The van der Waals surface area contributed by atoms with Crippen LogP contribution < -0.4 is 5.84 Å². The van der Waals surface area contributed by atoms with Gasteiger partial charge in [-0.15, -0.1) is 6.58 Å². The summed E-state index contributed by atoms with van der Waals surface area (Å²) in [6, 6.07) is 0. The standard InChI is InChI=1S/C4H10N2/c1-3-4-6(2)5/h3H,1,4-5H2,2H3. The molecule has 0 unspecified atom stereocenters. The van der Waals surface area contributed by atoms with Crippen molar-refractivity contribution >= 4 is 0 Å². The highest BCUT2D eigenvalue weighted by Crippen LogP contribution is 1.64. The van der Waals surface area contributed by atoms with Gasteiger partial charge >= 0.3 is 0 Å². The smallest absolute Gasteiger partial charge is 0.0303 e. The van der Waals surface area contributed by atoms with Crippen molar-refractivity contribution < 1.29 is 0 Å². The van der Waals surface area contributed by atoms with Crippen molar-refractivity contribution in [1.29, 1.82) is 0 Å². The molecule has 0 aliphatic heterocycles. The van der Waals surface area contributed by atoms with Gasteiger partial charge < -0.3 is 0 Å². The SMILES string of the molecule is C=CCN(C)N. The maximum absolute atomic E-state index is 5.16. The second-order valence-electron chi connectivity index (χ2n) is 1.23. The van der Waals surface area contributed by atoms with Gasteiger partial charge in [0.25, 0.3) is 0 Å². The Morgan fingerprint density at radius 3 is 2.50 bits per heavy atom. The molecule has 0 amide bonds. The third kappa shape index (κ3) is 3.66. The van der Waals surface area contributed by atoms with Gasteiger partial charge in [-0.25, -0.2) is 5.01 Å². The Kier molecular flexibility index (Phi) is 2.71. The molecule has 0 saturated heterocycles. The monoisotopic (exact) mass is 86.1 g/mol. The lowest BCUT2D eigenvalue weighted by Gasteiger charge is -2.01. The maximum Gasteiger partial charge on any atom is 0.0303 e. The van der Waals surface area contributed by atoms with Crippen molar-refractivity contribution in [3.63, 3.8) is 0 Å². The lowest BCUT2D eigenvalue weighted by molar-refractivity contribution is 0.390. The van der Waals surface area contributed by atoms with Crippen LogP contribution >= 0.6 is 0 Å². The highest BCUT2D eigenvalue weighted by atomic mass is 15.4. The number of hydrogen-bond donors (Lipinski definition) is 1. The van der Waals surface area contributed by atoms with E-state index in [0.717, 1.165) is 6.54 Å². The quantitative estimate of drug-likeness (QED) is 0.290. The van der Waals surface area contributed by atoms with Crippen LogP contribution in [-0.4, -0.2) is 18.6 Å². The Morgan fingerprint density at radius 1 is 2.00 bits per heavy atom. The van der Waals surface area contributed by atoms with Gasteiger partial charge in [0, 0.05) is 13.6 Å². The second-order valence-corrected chi connectivity index (χ2v) is 1.23. The van der Waals surface area contributed by atoms with Gasteiger partial charge in [0.15, 0.2) is 0 Å². The van der Waals surface area contributed by atoms with Crippen LogP contribution in [0.3, 0.4) is 0 Å². The van der Waals surface area contributed by atoms with E-state index in [2.05, 4.69) is 6.58 Å². The van der Waals surface area contributed by atoms with Crippen LogP contribution in [0, 0.1) is 0 Å². The van der Waals surface area contributed by atoms with Crippen LogP contribution in [0.1, 0.15) is 0 Å². The fourth-order valence-corrected chi connectivity index (χ4v) is 0.204. The van der Waals surface area contributed by atoms with Crippen LogP contribution in [0.5, 0.6) is 0 Å². The summed E-state index contributed by atoms with van der Waals surface area (Å²) in [4.78, 5) is 0. The Morgan fingerprint density at radius 2 is 2.50 bits per heavy atom. The summed E-state index contributed by atoms with van der Waals surface area (Å²) in [6.07, 6.45) is 1.75. The molecule has 0 saturated carbocycles. The average Bonchev–Trinajstić information content (AvgIpc) is 1.35. The van der Waals surface area contributed by atoms with Crippen LogP contribution in [-0.2, 0) is 0 Å². The minimum atomic E-state index is 0.750. The van der Waals surface area contributed by atoms with Gasteiger partial charge in [0.2, 0.25) is 0 Å². The first-order valence-electron chi connectivity index (χ1n) is 1.84. The molecule has 0 aliphatic carbocycles. The van der Waals surface area contributed by atoms with E-state index >= 15 is 0 Å². The van der Waals surface area contributed by atoms with Gasteiger partial charge in [0.05, 0.1) is 0 Å². The zero-order chi connectivity index (χ0) is 4.99. The van der Waals surface area contributed by atoms with Gasteiger partial charge in [0.1, 0.15) is 0 Å². The molecule has 0 aromatic heterocycles. The molecule has 6 heavy (non-hydrogen) atoms. The highest BCUT2D eigenvalue weighted by Gasteiger charge is 1.75. The van der Waals surface area contributed by atoms with Crippen LogP contribution in [0.2, 0.25) is 0 Å². The van der Waals surface area contributed by atoms with Crippen molar-refractivity contribution in [3.05, 3.63) is 12.7 Å². The van der Waals surface area contributed by atoms with Crippen molar-refractivity contribution in [1.82, 2.24) is 5.01 Å². The summed E-state index contributed by atoms with van der Waals surface area (Å²) in [6.45, 7) is 4.23. The molecule has 2 heteroatoms. The molecular formula is C4H10N2. The van der Waals surface area contributed by atoms with E-state index in [-0.39, 0.29) is 0 Å². The normalized spacial score (nSPS) is 9.17. The molecule has 0 fully saturated rings. The minimum absolute atomic E-state index is 0.750. The summed E-state index contributed by atoms with van der Waals surface area (Å²) in [5, 5.41) is 1.56. The third-order valence-corrected chi connectivity index (χ3v) is 0.417. The fraction of sp³-hybridized carbons (Fsp3) is 0.500. The summed E-state index contributed by atoms with van der Waals surface area (Å²) in [7, 11) is 1.79. The number of hydrogen-bond acceptors (Lipinski definition) is 2. The summed E-state index contributed by atoms with van der Waals surface area (Å²) in [5.74, 6) is 5.16. The number of hydrazine groups is 1. The van der Waals surface area contributed by atoms with E-state index < -0.39 is 0 Å². The molecule has 0 aromatic rings. The lowest BCUT2D eigenvalue weighted by atomic mass is 10.6. The zero-order valence-corrected chi connectivity index (χ0v) is 4.02. The Balaban J connectivity index is 2.81. The first-order valence-corrected chi connectivity index (χ1v) is 1.84. The topological polar surface area (TPSA) is 29.3 Å². The molecule has 0 rings (SSSR count). The minimum Gasteiger partial charge on any atom is -0.269 e. The van der Waals surface area contributed by atoms with Crippen LogP contribution in [0.15, 0.2) is 12.7 Å². The second kappa shape index (κ2) is 2.87.